The molecule has 1 aromatic rings. The summed E-state index contributed by atoms with van der Waals surface area (Å²) in [4.78, 5) is 11.4. The van der Waals surface area contributed by atoms with E-state index in [1.54, 1.807) is 24.5 Å². The molecular formula is C13H16O4. The molecule has 4 nitrogen and oxygen atoms in total. The van der Waals surface area contributed by atoms with Gasteiger partial charge in [-0.2, -0.15) is 0 Å². The van der Waals surface area contributed by atoms with Crippen molar-refractivity contribution in [1.82, 2.24) is 0 Å². The number of hydrogen-bond donors (Lipinski definition) is 0. The van der Waals surface area contributed by atoms with Crippen molar-refractivity contribution in [3.05, 3.63) is 30.2 Å². The van der Waals surface area contributed by atoms with Crippen LogP contribution in [0.25, 0.3) is 6.08 Å². The van der Waals surface area contributed by atoms with Crippen molar-refractivity contribution < 1.29 is 18.7 Å². The number of esters is 1. The highest BCUT2D eigenvalue weighted by molar-refractivity contribution is 5.86. The van der Waals surface area contributed by atoms with Crippen molar-refractivity contribution in [3.63, 3.8) is 0 Å². The zero-order chi connectivity index (χ0) is 11.9. The number of rotatable bonds is 4. The van der Waals surface area contributed by atoms with Crippen molar-refractivity contribution in [1.29, 1.82) is 0 Å². The Kier molecular flexibility index (Phi) is 4.38. The SMILES string of the molecule is O=C(C=Cc1ccco1)OCC1CCCCO1. The van der Waals surface area contributed by atoms with Gasteiger partial charge >= 0.3 is 5.97 Å². The van der Waals surface area contributed by atoms with E-state index in [1.807, 2.05) is 0 Å². The van der Waals surface area contributed by atoms with Gasteiger partial charge in [0.1, 0.15) is 12.4 Å². The van der Waals surface area contributed by atoms with E-state index in [9.17, 15) is 4.79 Å². The van der Waals surface area contributed by atoms with Gasteiger partial charge in [-0.05, 0) is 37.5 Å². The minimum atomic E-state index is -0.365. The van der Waals surface area contributed by atoms with Crippen LogP contribution in [0, 0.1) is 0 Å². The lowest BCUT2D eigenvalue weighted by atomic mass is 10.1. The minimum absolute atomic E-state index is 0.0599. The third-order valence-corrected chi connectivity index (χ3v) is 2.61. The molecule has 1 unspecified atom stereocenters. The van der Waals surface area contributed by atoms with Crippen LogP contribution >= 0.6 is 0 Å². The van der Waals surface area contributed by atoms with Crippen LogP contribution in [0.5, 0.6) is 0 Å². The summed E-state index contributed by atoms with van der Waals surface area (Å²) >= 11 is 0. The maximum atomic E-state index is 11.4. The Balaban J connectivity index is 1.70. The number of carbonyl (C=O) groups excluding carboxylic acids is 1. The number of carbonyl (C=O) groups is 1. The molecular weight excluding hydrogens is 220 g/mol. The maximum Gasteiger partial charge on any atom is 0.330 e. The summed E-state index contributed by atoms with van der Waals surface area (Å²) in [5, 5.41) is 0. The molecule has 0 aliphatic carbocycles. The Morgan fingerprint density at radius 2 is 2.47 bits per heavy atom. The molecule has 1 aliphatic rings. The predicted octanol–water partition coefficient (Wildman–Crippen LogP) is 2.41. The van der Waals surface area contributed by atoms with E-state index < -0.39 is 0 Å². The summed E-state index contributed by atoms with van der Waals surface area (Å²) in [5.74, 6) is 0.270. The summed E-state index contributed by atoms with van der Waals surface area (Å²) in [6.07, 6.45) is 7.78. The molecule has 1 fully saturated rings. The fraction of sp³-hybridized carbons (Fsp3) is 0.462. The normalized spacial score (nSPS) is 20.6. The van der Waals surface area contributed by atoms with Gasteiger partial charge in [-0.3, -0.25) is 0 Å². The molecule has 0 amide bonds. The van der Waals surface area contributed by atoms with Gasteiger partial charge in [-0.25, -0.2) is 4.79 Å². The average molecular weight is 236 g/mol. The molecule has 1 aromatic heterocycles. The standard InChI is InChI=1S/C13H16O4/c14-13(7-6-11-5-3-9-15-11)17-10-12-4-1-2-8-16-12/h3,5-7,9,12H,1-2,4,8,10H2. The molecule has 0 radical (unpaired) electrons. The third kappa shape index (κ3) is 4.07. The lowest BCUT2D eigenvalue weighted by Crippen LogP contribution is -2.25. The molecule has 0 spiro atoms. The number of hydrogen-bond acceptors (Lipinski definition) is 4. The van der Waals surface area contributed by atoms with Gasteiger partial charge in [0.05, 0.1) is 12.4 Å². The summed E-state index contributed by atoms with van der Waals surface area (Å²) in [5.41, 5.74) is 0. The maximum absolute atomic E-state index is 11.4. The second kappa shape index (κ2) is 6.25. The fourth-order valence-corrected chi connectivity index (χ4v) is 1.70. The molecule has 0 saturated carbocycles. The largest absolute Gasteiger partial charge is 0.465 e. The molecule has 92 valence electrons. The van der Waals surface area contributed by atoms with Crippen molar-refractivity contribution in [2.75, 3.05) is 13.2 Å². The minimum Gasteiger partial charge on any atom is -0.465 e. The quantitative estimate of drug-likeness (QED) is 0.595. The molecule has 1 aliphatic heterocycles. The smallest absolute Gasteiger partial charge is 0.330 e. The Morgan fingerprint density at radius 1 is 1.53 bits per heavy atom. The van der Waals surface area contributed by atoms with Gasteiger partial charge < -0.3 is 13.9 Å². The van der Waals surface area contributed by atoms with Crippen LogP contribution in [0.15, 0.2) is 28.9 Å². The van der Waals surface area contributed by atoms with Gasteiger partial charge in [-0.15, -0.1) is 0 Å². The Hall–Kier alpha value is -1.55. The fourth-order valence-electron chi connectivity index (χ4n) is 1.70. The third-order valence-electron chi connectivity index (χ3n) is 2.61. The van der Waals surface area contributed by atoms with Gasteiger partial charge in [0.25, 0.3) is 0 Å². The van der Waals surface area contributed by atoms with Gasteiger partial charge in [0, 0.05) is 12.7 Å². The zero-order valence-electron chi connectivity index (χ0n) is 9.63. The van der Waals surface area contributed by atoms with Crippen LogP contribution in [-0.4, -0.2) is 25.3 Å². The predicted molar refractivity (Wildman–Crippen MR) is 62.3 cm³/mol. The first-order chi connectivity index (χ1) is 8.34. The molecule has 1 saturated heterocycles. The van der Waals surface area contributed by atoms with E-state index in [4.69, 9.17) is 13.9 Å². The zero-order valence-corrected chi connectivity index (χ0v) is 9.63. The molecule has 17 heavy (non-hydrogen) atoms. The van der Waals surface area contributed by atoms with Crippen LogP contribution in [-0.2, 0) is 14.3 Å². The molecule has 0 N–H and O–H groups in total. The second-order valence-electron chi connectivity index (χ2n) is 3.97. The second-order valence-corrected chi connectivity index (χ2v) is 3.97. The molecule has 0 bridgehead atoms. The topological polar surface area (TPSA) is 48.7 Å². The lowest BCUT2D eigenvalue weighted by Gasteiger charge is -2.21. The Bertz CT molecular complexity index is 361. The first-order valence-corrected chi connectivity index (χ1v) is 5.84. The van der Waals surface area contributed by atoms with Crippen molar-refractivity contribution in [2.45, 2.75) is 25.4 Å². The Morgan fingerprint density at radius 3 is 3.18 bits per heavy atom. The van der Waals surface area contributed by atoms with E-state index >= 15 is 0 Å². The Labute approximate surface area is 100 Å². The van der Waals surface area contributed by atoms with E-state index in [2.05, 4.69) is 0 Å². The van der Waals surface area contributed by atoms with Crippen LogP contribution in [0.1, 0.15) is 25.0 Å². The molecule has 1 atom stereocenters. The van der Waals surface area contributed by atoms with Crippen LogP contribution in [0.4, 0.5) is 0 Å². The molecule has 2 rings (SSSR count). The van der Waals surface area contributed by atoms with Crippen LogP contribution in [0.3, 0.4) is 0 Å². The number of furan rings is 1. The van der Waals surface area contributed by atoms with Gasteiger partial charge in [-0.1, -0.05) is 0 Å². The first-order valence-electron chi connectivity index (χ1n) is 5.84. The van der Waals surface area contributed by atoms with Crippen LogP contribution < -0.4 is 0 Å². The van der Waals surface area contributed by atoms with Crippen LogP contribution in [0.2, 0.25) is 0 Å². The molecule has 4 heteroatoms. The average Bonchev–Trinajstić information content (AvgIpc) is 2.88. The van der Waals surface area contributed by atoms with E-state index in [0.29, 0.717) is 12.4 Å². The highest BCUT2D eigenvalue weighted by Gasteiger charge is 2.15. The van der Waals surface area contributed by atoms with Crippen molar-refractivity contribution in [3.8, 4) is 0 Å². The first kappa shape index (κ1) is 11.9. The number of ether oxygens (including phenoxy) is 2. The summed E-state index contributed by atoms with van der Waals surface area (Å²) < 4.78 is 15.6. The molecule has 0 aromatic carbocycles. The summed E-state index contributed by atoms with van der Waals surface area (Å²) in [6, 6.07) is 3.54. The van der Waals surface area contributed by atoms with E-state index in [-0.39, 0.29) is 12.1 Å². The van der Waals surface area contributed by atoms with Gasteiger partial charge in [0.2, 0.25) is 0 Å². The van der Waals surface area contributed by atoms with Crippen molar-refractivity contribution >= 4 is 12.0 Å². The lowest BCUT2D eigenvalue weighted by molar-refractivity contribution is -0.143. The van der Waals surface area contributed by atoms with E-state index in [1.165, 1.54) is 6.08 Å². The monoisotopic (exact) mass is 236 g/mol. The van der Waals surface area contributed by atoms with Crippen molar-refractivity contribution in [2.24, 2.45) is 0 Å². The van der Waals surface area contributed by atoms with E-state index in [0.717, 1.165) is 25.9 Å². The summed E-state index contributed by atoms with van der Waals surface area (Å²) in [7, 11) is 0. The van der Waals surface area contributed by atoms with Gasteiger partial charge in [0.15, 0.2) is 0 Å². The highest BCUT2D eigenvalue weighted by Crippen LogP contribution is 2.12. The summed E-state index contributed by atoms with van der Waals surface area (Å²) in [6.45, 7) is 1.10. The highest BCUT2D eigenvalue weighted by atomic mass is 16.6. The molecule has 2 heterocycles.